The molecule has 2 aliphatic rings. The molecule has 5 rings (SSSR count). The smallest absolute Gasteiger partial charge is 0.271 e. The molecule has 0 amide bonds. The maximum Gasteiger partial charge on any atom is 0.302 e. The third kappa shape index (κ3) is 3.55. The first-order valence-electron chi connectivity index (χ1n) is 9.97. The highest BCUT2D eigenvalue weighted by molar-refractivity contribution is 7.90. The summed E-state index contributed by atoms with van der Waals surface area (Å²) in [6, 6.07) is 13.3. The van der Waals surface area contributed by atoms with Gasteiger partial charge in [0.2, 0.25) is 0 Å². The molecule has 1 N–H and O–H groups in total. The Kier molecular flexibility index (Phi) is 4.72. The van der Waals surface area contributed by atoms with Gasteiger partial charge in [-0.25, -0.2) is 4.39 Å². The van der Waals surface area contributed by atoms with E-state index in [2.05, 4.69) is 9.71 Å². The van der Waals surface area contributed by atoms with E-state index in [1.54, 1.807) is 46.9 Å². The highest BCUT2D eigenvalue weighted by Crippen LogP contribution is 2.51. The van der Waals surface area contributed by atoms with Gasteiger partial charge in [-0.1, -0.05) is 11.6 Å². The lowest BCUT2D eigenvalue weighted by atomic mass is 9.77. The quantitative estimate of drug-likeness (QED) is 0.568. The Morgan fingerprint density at radius 3 is 2.57 bits per heavy atom. The molecule has 5 nitrogen and oxygen atoms in total. The lowest BCUT2D eigenvalue weighted by molar-refractivity contribution is 0.336. The second-order valence-corrected chi connectivity index (χ2v) is 10.2. The van der Waals surface area contributed by atoms with Gasteiger partial charge in [-0.2, -0.15) is 12.7 Å². The molecule has 1 saturated carbocycles. The van der Waals surface area contributed by atoms with Crippen LogP contribution in [0.25, 0.3) is 10.9 Å². The number of nitrogens with zero attached hydrogens (tertiary/aromatic N) is 2. The number of hydrogen-bond donors (Lipinski definition) is 1. The summed E-state index contributed by atoms with van der Waals surface area (Å²) >= 11 is 5.87. The molecule has 156 valence electrons. The zero-order valence-corrected chi connectivity index (χ0v) is 17.8. The highest BCUT2D eigenvalue weighted by Gasteiger charge is 2.59. The van der Waals surface area contributed by atoms with Gasteiger partial charge in [0.1, 0.15) is 5.82 Å². The number of benzene rings is 2. The van der Waals surface area contributed by atoms with E-state index in [1.165, 1.54) is 6.07 Å². The second kappa shape index (κ2) is 7.18. The van der Waals surface area contributed by atoms with Gasteiger partial charge in [-0.15, -0.1) is 0 Å². The minimum atomic E-state index is -3.60. The number of fused-ring (bicyclic) bond motifs is 1. The summed E-state index contributed by atoms with van der Waals surface area (Å²) in [7, 11) is -3.60. The molecule has 30 heavy (non-hydrogen) atoms. The Hall–Kier alpha value is -2.22. The van der Waals surface area contributed by atoms with Gasteiger partial charge in [0, 0.05) is 28.8 Å². The maximum absolute atomic E-state index is 13.8. The molecule has 1 atom stereocenters. The van der Waals surface area contributed by atoms with Crippen LogP contribution >= 0.6 is 11.6 Å². The number of anilines is 1. The summed E-state index contributed by atoms with van der Waals surface area (Å²) in [5, 5.41) is 1.41. The van der Waals surface area contributed by atoms with Crippen LogP contribution in [-0.4, -0.2) is 29.8 Å². The standard InChI is InChI=1S/C22H21ClFN3O2S/c23-16-1-4-18(5-2-16)26-30(28,29)27-14-22(27)10-7-15(8-11-22)19-9-12-25-21-6-3-17(24)13-20(19)21/h1-6,9,12-13,15,26H,7-8,10-11,14H2. The Bertz CT molecular complexity index is 1210. The molecule has 1 saturated heterocycles. The van der Waals surface area contributed by atoms with Crippen LogP contribution in [0.3, 0.4) is 0 Å². The molecule has 0 radical (unpaired) electrons. The second-order valence-electron chi connectivity index (χ2n) is 8.18. The molecule has 1 aliphatic carbocycles. The van der Waals surface area contributed by atoms with Crippen molar-refractivity contribution in [2.75, 3.05) is 11.3 Å². The fourth-order valence-electron chi connectivity index (χ4n) is 4.66. The van der Waals surface area contributed by atoms with E-state index in [1.807, 2.05) is 6.07 Å². The minimum absolute atomic E-state index is 0.267. The first-order valence-corrected chi connectivity index (χ1v) is 11.8. The van der Waals surface area contributed by atoms with Crippen molar-refractivity contribution in [1.82, 2.24) is 9.29 Å². The van der Waals surface area contributed by atoms with Gasteiger partial charge >= 0.3 is 10.2 Å². The van der Waals surface area contributed by atoms with Gasteiger partial charge in [0.25, 0.3) is 0 Å². The SMILES string of the molecule is O=S(=O)(Nc1ccc(Cl)cc1)N1CC12CCC(c1ccnc3ccc(F)cc13)CC2. The van der Waals surface area contributed by atoms with E-state index in [-0.39, 0.29) is 17.3 Å². The van der Waals surface area contributed by atoms with Gasteiger partial charge in [-0.3, -0.25) is 9.71 Å². The molecule has 2 aromatic carbocycles. The van der Waals surface area contributed by atoms with Crippen LogP contribution in [0, 0.1) is 5.82 Å². The lowest BCUT2D eigenvalue weighted by Gasteiger charge is -2.30. The van der Waals surface area contributed by atoms with Crippen LogP contribution in [0.2, 0.25) is 5.02 Å². The first-order chi connectivity index (χ1) is 14.4. The van der Waals surface area contributed by atoms with Crippen LogP contribution < -0.4 is 4.72 Å². The summed E-state index contributed by atoms with van der Waals surface area (Å²) in [5.74, 6) is 0.00840. The van der Waals surface area contributed by atoms with Crippen LogP contribution in [0.15, 0.2) is 54.7 Å². The van der Waals surface area contributed by atoms with E-state index < -0.39 is 10.2 Å². The molecule has 1 unspecified atom stereocenters. The monoisotopic (exact) mass is 445 g/mol. The molecule has 8 heteroatoms. The van der Waals surface area contributed by atoms with E-state index in [0.717, 1.165) is 42.1 Å². The molecular weight excluding hydrogens is 425 g/mol. The summed E-state index contributed by atoms with van der Waals surface area (Å²) in [6.45, 7) is 0.536. The van der Waals surface area contributed by atoms with Crippen molar-refractivity contribution in [3.63, 3.8) is 0 Å². The summed E-state index contributed by atoms with van der Waals surface area (Å²) in [4.78, 5) is 4.34. The minimum Gasteiger partial charge on any atom is -0.271 e. The third-order valence-corrected chi connectivity index (χ3v) is 8.18. The number of halogens is 2. The fourth-order valence-corrected chi connectivity index (χ4v) is 6.44. The van der Waals surface area contributed by atoms with Gasteiger partial charge < -0.3 is 0 Å². The zero-order chi connectivity index (χ0) is 20.9. The Labute approximate surface area is 180 Å². The van der Waals surface area contributed by atoms with Crippen molar-refractivity contribution < 1.29 is 12.8 Å². The van der Waals surface area contributed by atoms with Gasteiger partial charge in [-0.05, 0) is 85.7 Å². The summed E-state index contributed by atoms with van der Waals surface area (Å²) in [5.41, 5.74) is 2.09. The molecule has 1 aromatic heterocycles. The molecule has 2 heterocycles. The van der Waals surface area contributed by atoms with Crippen molar-refractivity contribution in [1.29, 1.82) is 0 Å². The van der Waals surface area contributed by atoms with E-state index >= 15 is 0 Å². The Balaban J connectivity index is 1.30. The molecule has 3 aromatic rings. The van der Waals surface area contributed by atoms with Crippen molar-refractivity contribution >= 4 is 38.4 Å². The summed E-state index contributed by atoms with van der Waals surface area (Å²) in [6.07, 6.45) is 5.08. The van der Waals surface area contributed by atoms with Crippen LogP contribution in [0.5, 0.6) is 0 Å². The average molecular weight is 446 g/mol. The number of pyridine rings is 1. The fraction of sp³-hybridized carbons (Fsp3) is 0.318. The number of rotatable bonds is 4. The van der Waals surface area contributed by atoms with Crippen LogP contribution in [0.1, 0.15) is 37.2 Å². The predicted molar refractivity (Wildman–Crippen MR) is 116 cm³/mol. The average Bonchev–Trinajstić information content (AvgIpc) is 3.44. The van der Waals surface area contributed by atoms with Crippen LogP contribution in [-0.2, 0) is 10.2 Å². The Morgan fingerprint density at radius 2 is 1.83 bits per heavy atom. The highest BCUT2D eigenvalue weighted by atomic mass is 35.5. The molecule has 1 aliphatic heterocycles. The zero-order valence-electron chi connectivity index (χ0n) is 16.2. The largest absolute Gasteiger partial charge is 0.302 e. The summed E-state index contributed by atoms with van der Waals surface area (Å²) < 4.78 is 43.6. The van der Waals surface area contributed by atoms with E-state index in [9.17, 15) is 12.8 Å². The third-order valence-electron chi connectivity index (χ3n) is 6.34. The predicted octanol–water partition coefficient (Wildman–Crippen LogP) is 5.10. The normalized spacial score (nSPS) is 26.1. The van der Waals surface area contributed by atoms with Crippen LogP contribution in [0.4, 0.5) is 10.1 Å². The molecule has 0 bridgehead atoms. The topological polar surface area (TPSA) is 62.1 Å². The van der Waals surface area contributed by atoms with Crippen molar-refractivity contribution in [3.05, 3.63) is 71.1 Å². The molecular formula is C22H21ClFN3O2S. The lowest BCUT2D eigenvalue weighted by Crippen LogP contribution is -2.31. The molecule has 2 fully saturated rings. The van der Waals surface area contributed by atoms with E-state index in [0.29, 0.717) is 17.3 Å². The van der Waals surface area contributed by atoms with Crippen molar-refractivity contribution in [3.8, 4) is 0 Å². The maximum atomic E-state index is 13.8. The number of nitrogens with one attached hydrogen (secondary N) is 1. The van der Waals surface area contributed by atoms with Gasteiger partial charge in [0.15, 0.2) is 0 Å². The van der Waals surface area contributed by atoms with Crippen molar-refractivity contribution in [2.45, 2.75) is 37.1 Å². The first kappa shape index (κ1) is 19.7. The Morgan fingerprint density at radius 1 is 1.10 bits per heavy atom. The number of hydrogen-bond acceptors (Lipinski definition) is 3. The van der Waals surface area contributed by atoms with Crippen molar-refractivity contribution in [2.24, 2.45) is 0 Å². The number of aromatic nitrogens is 1. The molecule has 1 spiro atoms. The van der Waals surface area contributed by atoms with E-state index in [4.69, 9.17) is 11.6 Å². The van der Waals surface area contributed by atoms with Gasteiger partial charge in [0.05, 0.1) is 11.1 Å².